The number of rotatable bonds is 4. The number of amides is 1. The molecule has 2 rings (SSSR count). The Morgan fingerprint density at radius 1 is 1.33 bits per heavy atom. The molecule has 6 heteroatoms. The van der Waals surface area contributed by atoms with Gasteiger partial charge in [-0.2, -0.15) is 0 Å². The van der Waals surface area contributed by atoms with E-state index in [2.05, 4.69) is 5.32 Å². The van der Waals surface area contributed by atoms with Crippen LogP contribution in [0.15, 0.2) is 41.3 Å². The smallest absolute Gasteiger partial charge is 0.234 e. The molecule has 3 nitrogen and oxygen atoms in total. The third kappa shape index (κ3) is 4.65. The van der Waals surface area contributed by atoms with Gasteiger partial charge in [0.1, 0.15) is 5.82 Å². The summed E-state index contributed by atoms with van der Waals surface area (Å²) in [6.45, 7) is 1.86. The zero-order valence-electron chi connectivity index (χ0n) is 11.3. The van der Waals surface area contributed by atoms with Gasteiger partial charge in [0, 0.05) is 21.3 Å². The summed E-state index contributed by atoms with van der Waals surface area (Å²) in [5.41, 5.74) is 7.49. The number of nitrogens with two attached hydrogens (primary N) is 1. The number of carbonyl (C=O) groups is 1. The Balaban J connectivity index is 1.95. The number of nitrogens with one attached hydrogen (secondary N) is 1. The van der Waals surface area contributed by atoms with E-state index < -0.39 is 5.82 Å². The van der Waals surface area contributed by atoms with Crippen LogP contribution < -0.4 is 11.1 Å². The van der Waals surface area contributed by atoms with Crippen molar-refractivity contribution in [3.63, 3.8) is 0 Å². The van der Waals surface area contributed by atoms with Gasteiger partial charge in [-0.05, 0) is 48.9 Å². The first-order valence-corrected chi connectivity index (χ1v) is 7.55. The van der Waals surface area contributed by atoms with Crippen molar-refractivity contribution in [2.45, 2.75) is 11.8 Å². The zero-order valence-corrected chi connectivity index (χ0v) is 12.9. The third-order valence-corrected chi connectivity index (χ3v) is 3.94. The quantitative estimate of drug-likeness (QED) is 0.657. The van der Waals surface area contributed by atoms with E-state index in [4.69, 9.17) is 17.3 Å². The van der Waals surface area contributed by atoms with Gasteiger partial charge in [0.05, 0.1) is 5.75 Å². The van der Waals surface area contributed by atoms with Crippen molar-refractivity contribution in [2.24, 2.45) is 0 Å². The van der Waals surface area contributed by atoms with Crippen molar-refractivity contribution in [2.75, 3.05) is 16.8 Å². The van der Waals surface area contributed by atoms with Gasteiger partial charge in [-0.1, -0.05) is 11.6 Å². The Morgan fingerprint density at radius 2 is 2.10 bits per heavy atom. The summed E-state index contributed by atoms with van der Waals surface area (Å²) < 4.78 is 13.2. The molecule has 0 saturated carbocycles. The molecule has 0 aliphatic carbocycles. The number of nitrogen functional groups attached to an aromatic ring is 1. The summed E-state index contributed by atoms with van der Waals surface area (Å²) in [4.78, 5) is 12.5. The second kappa shape index (κ2) is 6.83. The number of anilines is 2. The number of carbonyl (C=O) groups excluding carboxylic acids is 1. The lowest BCUT2D eigenvalue weighted by atomic mass is 10.2. The van der Waals surface area contributed by atoms with E-state index in [-0.39, 0.29) is 11.7 Å². The Labute approximate surface area is 131 Å². The van der Waals surface area contributed by atoms with Crippen LogP contribution in [0.1, 0.15) is 5.56 Å². The standard InChI is InChI=1S/C15H14ClFN2OS/c1-9-4-10(16)2-3-14(9)19-15(20)8-21-13-6-11(17)5-12(18)7-13/h2-7H,8,18H2,1H3,(H,19,20). The molecule has 0 heterocycles. The molecule has 0 radical (unpaired) electrons. The van der Waals surface area contributed by atoms with Crippen molar-refractivity contribution < 1.29 is 9.18 Å². The fraction of sp³-hybridized carbons (Fsp3) is 0.133. The predicted octanol–water partition coefficient (Wildman–Crippen LogP) is 4.10. The van der Waals surface area contributed by atoms with Crippen LogP contribution in [0.2, 0.25) is 5.02 Å². The number of halogens is 2. The Hall–Kier alpha value is -1.72. The highest BCUT2D eigenvalue weighted by atomic mass is 35.5. The van der Waals surface area contributed by atoms with Crippen LogP contribution in [0.25, 0.3) is 0 Å². The predicted molar refractivity (Wildman–Crippen MR) is 86.4 cm³/mol. The molecule has 0 aromatic heterocycles. The van der Waals surface area contributed by atoms with E-state index in [9.17, 15) is 9.18 Å². The van der Waals surface area contributed by atoms with E-state index in [0.717, 1.165) is 5.56 Å². The molecule has 0 aliphatic heterocycles. The minimum absolute atomic E-state index is 0.172. The molecule has 0 atom stereocenters. The van der Waals surface area contributed by atoms with Gasteiger partial charge >= 0.3 is 0 Å². The molecular formula is C15H14ClFN2OS. The highest BCUT2D eigenvalue weighted by Crippen LogP contribution is 2.23. The molecule has 1 amide bonds. The molecule has 21 heavy (non-hydrogen) atoms. The van der Waals surface area contributed by atoms with E-state index in [1.54, 1.807) is 24.3 Å². The number of thioether (sulfide) groups is 1. The zero-order chi connectivity index (χ0) is 15.4. The second-order valence-electron chi connectivity index (χ2n) is 4.52. The SMILES string of the molecule is Cc1cc(Cl)ccc1NC(=O)CSc1cc(N)cc(F)c1. The van der Waals surface area contributed by atoms with E-state index >= 15 is 0 Å². The molecular weight excluding hydrogens is 311 g/mol. The molecule has 0 aliphatic rings. The minimum atomic E-state index is -0.411. The lowest BCUT2D eigenvalue weighted by Gasteiger charge is -2.09. The van der Waals surface area contributed by atoms with Gasteiger partial charge in [0.25, 0.3) is 0 Å². The average Bonchev–Trinajstić information content (AvgIpc) is 2.39. The Bertz CT molecular complexity index is 658. The van der Waals surface area contributed by atoms with Crippen LogP contribution in [0, 0.1) is 12.7 Å². The fourth-order valence-electron chi connectivity index (χ4n) is 1.77. The van der Waals surface area contributed by atoms with Gasteiger partial charge < -0.3 is 11.1 Å². The highest BCUT2D eigenvalue weighted by molar-refractivity contribution is 8.00. The molecule has 0 unspecified atom stereocenters. The first-order chi connectivity index (χ1) is 9.94. The molecule has 2 aromatic rings. The summed E-state index contributed by atoms with van der Waals surface area (Å²) in [6.07, 6.45) is 0. The van der Waals surface area contributed by atoms with E-state index in [0.29, 0.717) is 21.3 Å². The maximum atomic E-state index is 13.2. The summed E-state index contributed by atoms with van der Waals surface area (Å²) in [5, 5.41) is 3.41. The van der Waals surface area contributed by atoms with Gasteiger partial charge in [-0.25, -0.2) is 4.39 Å². The third-order valence-electron chi connectivity index (χ3n) is 2.73. The van der Waals surface area contributed by atoms with Crippen LogP contribution in [-0.4, -0.2) is 11.7 Å². The maximum Gasteiger partial charge on any atom is 0.234 e. The van der Waals surface area contributed by atoms with Crippen molar-refractivity contribution in [1.82, 2.24) is 0 Å². The van der Waals surface area contributed by atoms with Gasteiger partial charge in [-0.3, -0.25) is 4.79 Å². The van der Waals surface area contributed by atoms with Crippen LogP contribution in [0.4, 0.5) is 15.8 Å². The fourth-order valence-corrected chi connectivity index (χ4v) is 2.78. The summed E-state index contributed by atoms with van der Waals surface area (Å²) in [5.74, 6) is -0.412. The van der Waals surface area contributed by atoms with Crippen molar-refractivity contribution in [1.29, 1.82) is 0 Å². The van der Waals surface area contributed by atoms with Gasteiger partial charge in [0.15, 0.2) is 0 Å². The van der Waals surface area contributed by atoms with Crippen LogP contribution in [0.5, 0.6) is 0 Å². The largest absolute Gasteiger partial charge is 0.399 e. The molecule has 2 aromatic carbocycles. The number of hydrogen-bond acceptors (Lipinski definition) is 3. The van der Waals surface area contributed by atoms with Crippen LogP contribution in [0.3, 0.4) is 0 Å². The topological polar surface area (TPSA) is 55.1 Å². The molecule has 0 spiro atoms. The van der Waals surface area contributed by atoms with E-state index in [1.165, 1.54) is 23.9 Å². The number of hydrogen-bond donors (Lipinski definition) is 2. The Kier molecular flexibility index (Phi) is 5.09. The normalized spacial score (nSPS) is 10.4. The molecule has 0 saturated heterocycles. The van der Waals surface area contributed by atoms with Crippen LogP contribution >= 0.6 is 23.4 Å². The lowest BCUT2D eigenvalue weighted by Crippen LogP contribution is -2.14. The Morgan fingerprint density at radius 3 is 2.76 bits per heavy atom. The summed E-state index contributed by atoms with van der Waals surface area (Å²) in [6, 6.07) is 9.46. The van der Waals surface area contributed by atoms with Crippen molar-refractivity contribution in [3.8, 4) is 0 Å². The summed E-state index contributed by atoms with van der Waals surface area (Å²) in [7, 11) is 0. The van der Waals surface area contributed by atoms with Gasteiger partial charge in [0.2, 0.25) is 5.91 Å². The number of aryl methyl sites for hydroxylation is 1. The monoisotopic (exact) mass is 324 g/mol. The highest BCUT2D eigenvalue weighted by Gasteiger charge is 2.07. The molecule has 0 fully saturated rings. The number of benzene rings is 2. The first-order valence-electron chi connectivity index (χ1n) is 6.19. The molecule has 3 N–H and O–H groups in total. The minimum Gasteiger partial charge on any atom is -0.399 e. The molecule has 110 valence electrons. The van der Waals surface area contributed by atoms with Crippen molar-refractivity contribution >= 4 is 40.6 Å². The van der Waals surface area contributed by atoms with Crippen LogP contribution in [-0.2, 0) is 4.79 Å². The summed E-state index contributed by atoms with van der Waals surface area (Å²) >= 11 is 7.09. The first kappa shape index (κ1) is 15.7. The lowest BCUT2D eigenvalue weighted by molar-refractivity contribution is -0.113. The molecule has 0 bridgehead atoms. The van der Waals surface area contributed by atoms with E-state index in [1.807, 2.05) is 6.92 Å². The second-order valence-corrected chi connectivity index (χ2v) is 6.00. The maximum absolute atomic E-state index is 13.2. The van der Waals surface area contributed by atoms with Gasteiger partial charge in [-0.15, -0.1) is 11.8 Å². The average molecular weight is 325 g/mol. The van der Waals surface area contributed by atoms with Crippen molar-refractivity contribution in [3.05, 3.63) is 52.8 Å².